The number of carboxylic acid groups (broad SMARTS) is 1. The number of aliphatic carboxylic acids is 1. The molecule has 1 aliphatic heterocycles. The van der Waals surface area contributed by atoms with E-state index in [1.807, 2.05) is 0 Å². The van der Waals surface area contributed by atoms with Crippen LogP contribution in [0.5, 0.6) is 5.75 Å². The van der Waals surface area contributed by atoms with Gasteiger partial charge in [0.05, 0.1) is 17.5 Å². The maximum atomic E-state index is 12.6. The molecule has 2 aromatic carbocycles. The molecule has 1 saturated heterocycles. The van der Waals surface area contributed by atoms with Crippen LogP contribution >= 0.6 is 11.6 Å². The number of carboxylic acids is 1. The molecular weight excluding hydrogens is 609 g/mol. The van der Waals surface area contributed by atoms with Crippen molar-refractivity contribution in [1.82, 2.24) is 4.31 Å². The Hall–Kier alpha value is -2.54. The van der Waals surface area contributed by atoms with E-state index in [4.69, 9.17) is 16.7 Å². The molecular formula is C30H42ClF3N2O6S. The van der Waals surface area contributed by atoms with Crippen molar-refractivity contribution in [3.05, 3.63) is 53.6 Å². The highest BCUT2D eigenvalue weighted by Gasteiger charge is 2.39. The second kappa shape index (κ2) is 18.3. The van der Waals surface area contributed by atoms with Gasteiger partial charge in [0, 0.05) is 24.8 Å². The molecule has 2 atom stereocenters. The van der Waals surface area contributed by atoms with Crippen molar-refractivity contribution in [2.45, 2.75) is 88.4 Å². The number of alkyl halides is 3. The zero-order valence-electron chi connectivity index (χ0n) is 24.4. The fourth-order valence-electron chi connectivity index (χ4n) is 4.78. The Morgan fingerprint density at radius 1 is 1.02 bits per heavy atom. The first-order valence-corrected chi connectivity index (χ1v) is 16.4. The van der Waals surface area contributed by atoms with Gasteiger partial charge in [0.1, 0.15) is 10.6 Å². The molecule has 3 N–H and O–H groups in total. The minimum atomic E-state index is -4.63. The lowest BCUT2D eigenvalue weighted by molar-refractivity contribution is -0.274. The van der Waals surface area contributed by atoms with Gasteiger partial charge in [-0.1, -0.05) is 75.6 Å². The van der Waals surface area contributed by atoms with Crippen LogP contribution in [0.3, 0.4) is 0 Å². The highest BCUT2D eigenvalue weighted by molar-refractivity contribution is 7.89. The topological polar surface area (TPSA) is 116 Å². The maximum Gasteiger partial charge on any atom is 0.573 e. The molecule has 0 bridgehead atoms. The Morgan fingerprint density at radius 3 is 2.19 bits per heavy atom. The second-order valence-corrected chi connectivity index (χ2v) is 12.7. The van der Waals surface area contributed by atoms with E-state index in [9.17, 15) is 31.5 Å². The lowest BCUT2D eigenvalue weighted by atomic mass is 9.93. The molecule has 43 heavy (non-hydrogen) atoms. The van der Waals surface area contributed by atoms with Crippen molar-refractivity contribution in [2.75, 3.05) is 25.0 Å². The fourth-order valence-corrected chi connectivity index (χ4v) is 6.92. The van der Waals surface area contributed by atoms with Crippen molar-refractivity contribution in [3.63, 3.8) is 0 Å². The summed E-state index contributed by atoms with van der Waals surface area (Å²) in [5, 5.41) is 21.8. The van der Waals surface area contributed by atoms with Crippen LogP contribution in [0.25, 0.3) is 0 Å². The summed E-state index contributed by atoms with van der Waals surface area (Å²) in [6.07, 6.45) is 5.75. The summed E-state index contributed by atoms with van der Waals surface area (Å²) in [4.78, 5) is 11.0. The smallest absolute Gasteiger partial charge is 0.481 e. The summed E-state index contributed by atoms with van der Waals surface area (Å²) in [6.45, 7) is 2.69. The van der Waals surface area contributed by atoms with Crippen molar-refractivity contribution in [1.29, 1.82) is 0 Å². The molecule has 242 valence electrons. The highest BCUT2D eigenvalue weighted by Crippen LogP contribution is 2.31. The van der Waals surface area contributed by atoms with Crippen molar-refractivity contribution < 1.29 is 41.3 Å². The summed E-state index contributed by atoms with van der Waals surface area (Å²) in [5.74, 6) is -1.80. The number of nitrogens with one attached hydrogen (secondary N) is 1. The van der Waals surface area contributed by atoms with E-state index >= 15 is 0 Å². The summed E-state index contributed by atoms with van der Waals surface area (Å²) < 4.78 is 66.3. The molecule has 1 fully saturated rings. The molecule has 8 nitrogen and oxygen atoms in total. The Labute approximate surface area is 257 Å². The zero-order valence-corrected chi connectivity index (χ0v) is 25.9. The minimum Gasteiger partial charge on any atom is -0.481 e. The molecule has 0 radical (unpaired) electrons. The number of benzene rings is 2. The number of aliphatic hydroxyl groups is 1. The maximum absolute atomic E-state index is 12.6. The van der Waals surface area contributed by atoms with E-state index in [1.54, 1.807) is 24.3 Å². The van der Waals surface area contributed by atoms with E-state index in [1.165, 1.54) is 69.2 Å². The van der Waals surface area contributed by atoms with Gasteiger partial charge in [-0.05, 0) is 55.7 Å². The van der Waals surface area contributed by atoms with Gasteiger partial charge in [-0.2, -0.15) is 4.31 Å². The fraction of sp³-hybridized carbons (Fsp3) is 0.567. The molecule has 1 heterocycles. The van der Waals surface area contributed by atoms with Crippen LogP contribution in [0.1, 0.15) is 71.1 Å². The quantitative estimate of drug-likeness (QED) is 0.173. The average Bonchev–Trinajstić information content (AvgIpc) is 2.96. The largest absolute Gasteiger partial charge is 0.573 e. The molecule has 0 spiro atoms. The third-order valence-electron chi connectivity index (χ3n) is 7.09. The second-order valence-electron chi connectivity index (χ2n) is 10.4. The molecule has 0 aliphatic carbocycles. The number of unbranched alkanes of at least 4 members (excludes halogenated alkanes) is 7. The number of carbonyl (C=O) groups is 1. The van der Waals surface area contributed by atoms with Crippen LogP contribution < -0.4 is 10.1 Å². The SMILES string of the molecule is CCCCCCCCCCNc1ccc(OC(F)(F)F)cc1.O=C(O)[C@H]1CCN(S(=O)(=O)c2ccccc2Cl)[C@H](CO)C1. The molecule has 0 saturated carbocycles. The molecule has 13 heteroatoms. The van der Waals surface area contributed by atoms with Crippen LogP contribution in [0.2, 0.25) is 5.02 Å². The average molecular weight is 651 g/mol. The summed E-state index contributed by atoms with van der Waals surface area (Å²) in [6, 6.07) is 11.2. The van der Waals surface area contributed by atoms with Gasteiger partial charge in [-0.15, -0.1) is 13.2 Å². The van der Waals surface area contributed by atoms with Crippen LogP contribution in [-0.2, 0) is 14.8 Å². The number of anilines is 1. The van der Waals surface area contributed by atoms with Crippen LogP contribution in [0.15, 0.2) is 53.4 Å². The predicted molar refractivity (Wildman–Crippen MR) is 161 cm³/mol. The van der Waals surface area contributed by atoms with E-state index in [0.717, 1.165) is 23.0 Å². The molecule has 0 unspecified atom stereocenters. The van der Waals surface area contributed by atoms with E-state index < -0.39 is 40.9 Å². The number of hydrogen-bond donors (Lipinski definition) is 3. The third-order valence-corrected chi connectivity index (χ3v) is 9.54. The summed E-state index contributed by atoms with van der Waals surface area (Å²) >= 11 is 5.94. The number of halogens is 4. The molecule has 3 rings (SSSR count). The number of sulfonamides is 1. The zero-order chi connectivity index (χ0) is 31.9. The van der Waals surface area contributed by atoms with Crippen molar-refractivity contribution in [2.24, 2.45) is 5.92 Å². The first kappa shape index (κ1) is 36.7. The molecule has 1 aliphatic rings. The molecule has 2 aromatic rings. The van der Waals surface area contributed by atoms with Gasteiger partial charge in [0.15, 0.2) is 0 Å². The number of aliphatic hydroxyl groups excluding tert-OH is 1. The van der Waals surface area contributed by atoms with Crippen molar-refractivity contribution in [3.8, 4) is 5.75 Å². The standard InChI is InChI=1S/C17H26F3NO.C13H16ClNO5S/c1-2-3-4-5-6-7-8-9-14-21-15-10-12-16(13-11-15)22-17(18,19)20;14-11-3-1-2-4-12(11)21(19,20)15-6-5-9(13(17)18)7-10(15)8-16/h10-13,21H,2-9,14H2,1H3;1-4,9-10,16H,5-8H2,(H,17,18)/t;9-,10-/m.0/s1. The number of hydrogen-bond acceptors (Lipinski definition) is 6. The van der Waals surface area contributed by atoms with Gasteiger partial charge in [-0.3, -0.25) is 4.79 Å². The van der Waals surface area contributed by atoms with Crippen molar-refractivity contribution >= 4 is 33.3 Å². The predicted octanol–water partition coefficient (Wildman–Crippen LogP) is 7.32. The number of piperidine rings is 1. The van der Waals surface area contributed by atoms with Crippen LogP contribution in [0.4, 0.5) is 18.9 Å². The lowest BCUT2D eigenvalue weighted by Crippen LogP contribution is -2.49. The number of rotatable bonds is 15. The van der Waals surface area contributed by atoms with Crippen LogP contribution in [0, 0.1) is 5.92 Å². The van der Waals surface area contributed by atoms with E-state index in [-0.39, 0.29) is 35.1 Å². The molecule has 0 aromatic heterocycles. The summed E-state index contributed by atoms with van der Waals surface area (Å²) in [5.41, 5.74) is 0.817. The highest BCUT2D eigenvalue weighted by atomic mass is 35.5. The van der Waals surface area contributed by atoms with Gasteiger partial charge < -0.3 is 20.3 Å². The first-order valence-electron chi connectivity index (χ1n) is 14.6. The number of nitrogens with zero attached hydrogens (tertiary/aromatic N) is 1. The Morgan fingerprint density at radius 2 is 1.63 bits per heavy atom. The van der Waals surface area contributed by atoms with Gasteiger partial charge in [0.2, 0.25) is 10.0 Å². The van der Waals surface area contributed by atoms with Crippen LogP contribution in [-0.4, -0.2) is 61.0 Å². The Kier molecular flexibility index (Phi) is 15.6. The van der Waals surface area contributed by atoms with Gasteiger partial charge in [-0.25, -0.2) is 8.42 Å². The minimum absolute atomic E-state index is 0.0288. The summed E-state index contributed by atoms with van der Waals surface area (Å²) in [7, 11) is -3.85. The number of ether oxygens (including phenoxy) is 1. The van der Waals surface area contributed by atoms with Gasteiger partial charge >= 0.3 is 12.3 Å². The monoisotopic (exact) mass is 650 g/mol. The van der Waals surface area contributed by atoms with E-state index in [2.05, 4.69) is 17.0 Å². The van der Waals surface area contributed by atoms with Gasteiger partial charge in [0.25, 0.3) is 0 Å². The Balaban J connectivity index is 0.000000300. The lowest BCUT2D eigenvalue weighted by Gasteiger charge is -2.36. The normalized spacial score (nSPS) is 17.5. The first-order chi connectivity index (χ1) is 20.4. The Bertz CT molecular complexity index is 1220. The molecule has 0 amide bonds. The van der Waals surface area contributed by atoms with E-state index in [0.29, 0.717) is 0 Å². The third kappa shape index (κ3) is 12.9.